The minimum absolute atomic E-state index is 0.0630. The van der Waals surface area contributed by atoms with Crippen molar-refractivity contribution >= 4 is 34.0 Å². The summed E-state index contributed by atoms with van der Waals surface area (Å²) in [5.74, 6) is 0.748. The van der Waals surface area contributed by atoms with Crippen molar-refractivity contribution in [3.05, 3.63) is 27.7 Å². The summed E-state index contributed by atoms with van der Waals surface area (Å²) in [6.07, 6.45) is -0.0630. The van der Waals surface area contributed by atoms with Crippen LogP contribution in [-0.2, 0) is 0 Å². The van der Waals surface area contributed by atoms with Crippen molar-refractivity contribution < 1.29 is 14.3 Å². The lowest BCUT2D eigenvalue weighted by molar-refractivity contribution is 0.102. The zero-order chi connectivity index (χ0) is 17.9. The SMILES string of the molecule is COc1cc(C(=O)Nc2nnc(C(C)C)s2)cc(Cl)c1OC(C)C. The number of nitrogens with zero attached hydrogens (tertiary/aromatic N) is 2. The fourth-order valence-electron chi connectivity index (χ4n) is 1.89. The molecule has 0 radical (unpaired) electrons. The molecule has 0 saturated carbocycles. The Morgan fingerprint density at radius 3 is 2.50 bits per heavy atom. The molecule has 0 bridgehead atoms. The highest BCUT2D eigenvalue weighted by Gasteiger charge is 2.18. The molecule has 1 N–H and O–H groups in total. The van der Waals surface area contributed by atoms with Gasteiger partial charge in [-0.05, 0) is 26.0 Å². The van der Waals surface area contributed by atoms with Gasteiger partial charge in [-0.25, -0.2) is 0 Å². The van der Waals surface area contributed by atoms with Gasteiger partial charge in [-0.1, -0.05) is 36.8 Å². The minimum Gasteiger partial charge on any atom is -0.493 e. The summed E-state index contributed by atoms with van der Waals surface area (Å²) in [5, 5.41) is 12.4. The molecular weight excluding hydrogens is 350 g/mol. The normalized spacial score (nSPS) is 11.0. The summed E-state index contributed by atoms with van der Waals surface area (Å²) in [6.45, 7) is 7.81. The Morgan fingerprint density at radius 2 is 1.96 bits per heavy atom. The molecule has 0 spiro atoms. The number of aromatic nitrogens is 2. The molecule has 0 aliphatic heterocycles. The van der Waals surface area contributed by atoms with Crippen LogP contribution in [0.4, 0.5) is 5.13 Å². The van der Waals surface area contributed by atoms with Crippen molar-refractivity contribution in [1.29, 1.82) is 0 Å². The van der Waals surface area contributed by atoms with E-state index in [2.05, 4.69) is 15.5 Å². The first-order chi connectivity index (χ1) is 11.3. The molecule has 0 saturated heterocycles. The summed E-state index contributed by atoms with van der Waals surface area (Å²) >= 11 is 7.59. The first kappa shape index (κ1) is 18.5. The maximum Gasteiger partial charge on any atom is 0.257 e. The summed E-state index contributed by atoms with van der Waals surface area (Å²) in [5.41, 5.74) is 0.356. The summed E-state index contributed by atoms with van der Waals surface area (Å²) < 4.78 is 10.9. The number of hydrogen-bond acceptors (Lipinski definition) is 6. The van der Waals surface area contributed by atoms with E-state index in [1.54, 1.807) is 12.1 Å². The number of carbonyl (C=O) groups is 1. The van der Waals surface area contributed by atoms with Crippen LogP contribution >= 0.6 is 22.9 Å². The van der Waals surface area contributed by atoms with Gasteiger partial charge < -0.3 is 9.47 Å². The van der Waals surface area contributed by atoms with Crippen molar-refractivity contribution in [2.75, 3.05) is 12.4 Å². The van der Waals surface area contributed by atoms with Crippen molar-refractivity contribution in [1.82, 2.24) is 10.2 Å². The number of amides is 1. The van der Waals surface area contributed by atoms with E-state index in [9.17, 15) is 4.79 Å². The lowest BCUT2D eigenvalue weighted by atomic mass is 10.2. The zero-order valence-electron chi connectivity index (χ0n) is 14.2. The molecule has 0 aliphatic carbocycles. The molecule has 0 unspecified atom stereocenters. The standard InChI is InChI=1S/C16H20ClN3O3S/c1-8(2)15-19-20-16(24-15)18-14(21)10-6-11(17)13(23-9(3)4)12(7-10)22-5/h6-9H,1-5H3,(H,18,20,21). The van der Waals surface area contributed by atoms with Gasteiger partial charge in [0.1, 0.15) is 5.01 Å². The fraction of sp³-hybridized carbons (Fsp3) is 0.438. The van der Waals surface area contributed by atoms with Crippen LogP contribution in [-0.4, -0.2) is 29.3 Å². The third-order valence-corrected chi connectivity index (χ3v) is 4.42. The second-order valence-electron chi connectivity index (χ2n) is 5.71. The van der Waals surface area contributed by atoms with Crippen LogP contribution in [0.2, 0.25) is 5.02 Å². The highest BCUT2D eigenvalue weighted by atomic mass is 35.5. The van der Waals surface area contributed by atoms with Gasteiger partial charge in [0.2, 0.25) is 5.13 Å². The van der Waals surface area contributed by atoms with Gasteiger partial charge in [-0.3, -0.25) is 10.1 Å². The van der Waals surface area contributed by atoms with Gasteiger partial charge in [0.05, 0.1) is 18.2 Å². The van der Waals surface area contributed by atoms with E-state index < -0.39 is 0 Å². The summed E-state index contributed by atoms with van der Waals surface area (Å²) in [4.78, 5) is 12.4. The van der Waals surface area contributed by atoms with Gasteiger partial charge in [-0.15, -0.1) is 10.2 Å². The molecule has 2 rings (SSSR count). The van der Waals surface area contributed by atoms with Gasteiger partial charge in [-0.2, -0.15) is 0 Å². The van der Waals surface area contributed by atoms with E-state index in [4.69, 9.17) is 21.1 Å². The summed E-state index contributed by atoms with van der Waals surface area (Å²) in [6, 6.07) is 3.13. The average Bonchev–Trinajstić information content (AvgIpc) is 2.97. The van der Waals surface area contributed by atoms with E-state index in [1.807, 2.05) is 27.7 Å². The lowest BCUT2D eigenvalue weighted by Gasteiger charge is -2.16. The van der Waals surface area contributed by atoms with Gasteiger partial charge in [0.15, 0.2) is 11.5 Å². The van der Waals surface area contributed by atoms with Crippen molar-refractivity contribution in [2.24, 2.45) is 0 Å². The first-order valence-electron chi connectivity index (χ1n) is 7.50. The van der Waals surface area contributed by atoms with Crippen molar-refractivity contribution in [3.63, 3.8) is 0 Å². The molecule has 1 heterocycles. The van der Waals surface area contributed by atoms with Crippen LogP contribution in [0.5, 0.6) is 11.5 Å². The van der Waals surface area contributed by atoms with Crippen LogP contribution in [0.1, 0.15) is 49.0 Å². The third kappa shape index (κ3) is 4.36. The molecule has 0 fully saturated rings. The predicted molar refractivity (Wildman–Crippen MR) is 95.7 cm³/mol. The zero-order valence-corrected chi connectivity index (χ0v) is 15.8. The van der Waals surface area contributed by atoms with Crippen LogP contribution in [0.3, 0.4) is 0 Å². The first-order valence-corrected chi connectivity index (χ1v) is 8.70. The van der Waals surface area contributed by atoms with E-state index in [0.29, 0.717) is 27.2 Å². The van der Waals surface area contributed by atoms with E-state index in [-0.39, 0.29) is 17.9 Å². The number of hydrogen-bond donors (Lipinski definition) is 1. The molecular formula is C16H20ClN3O3S. The molecule has 24 heavy (non-hydrogen) atoms. The average molecular weight is 370 g/mol. The highest BCUT2D eigenvalue weighted by molar-refractivity contribution is 7.15. The number of carbonyl (C=O) groups excluding carboxylic acids is 1. The molecule has 1 aromatic carbocycles. The minimum atomic E-state index is -0.335. The number of ether oxygens (including phenoxy) is 2. The second-order valence-corrected chi connectivity index (χ2v) is 7.13. The second kappa shape index (κ2) is 7.81. The van der Waals surface area contributed by atoms with E-state index in [1.165, 1.54) is 18.4 Å². The largest absolute Gasteiger partial charge is 0.493 e. The maximum atomic E-state index is 12.4. The van der Waals surface area contributed by atoms with Crippen LogP contribution in [0.25, 0.3) is 0 Å². The number of nitrogens with one attached hydrogen (secondary N) is 1. The number of benzene rings is 1. The van der Waals surface area contributed by atoms with Crippen LogP contribution in [0.15, 0.2) is 12.1 Å². The molecule has 6 nitrogen and oxygen atoms in total. The third-order valence-electron chi connectivity index (χ3n) is 3.00. The number of anilines is 1. The topological polar surface area (TPSA) is 73.3 Å². The van der Waals surface area contributed by atoms with Crippen LogP contribution < -0.4 is 14.8 Å². The number of rotatable bonds is 6. The molecule has 0 aliphatic rings. The molecule has 2 aromatic rings. The Bertz CT molecular complexity index is 731. The smallest absolute Gasteiger partial charge is 0.257 e. The predicted octanol–water partition coefficient (Wildman–Crippen LogP) is 4.36. The molecule has 1 amide bonds. The van der Waals surface area contributed by atoms with E-state index in [0.717, 1.165) is 5.01 Å². The monoisotopic (exact) mass is 369 g/mol. The fourth-order valence-corrected chi connectivity index (χ4v) is 2.88. The Kier molecular flexibility index (Phi) is 6.01. The van der Waals surface area contributed by atoms with Crippen molar-refractivity contribution in [3.8, 4) is 11.5 Å². The van der Waals surface area contributed by atoms with Gasteiger partial charge in [0.25, 0.3) is 5.91 Å². The highest BCUT2D eigenvalue weighted by Crippen LogP contribution is 2.37. The number of halogens is 1. The summed E-state index contributed by atoms with van der Waals surface area (Å²) in [7, 11) is 1.50. The van der Waals surface area contributed by atoms with Gasteiger partial charge in [0, 0.05) is 11.5 Å². The lowest BCUT2D eigenvalue weighted by Crippen LogP contribution is -2.13. The molecule has 8 heteroatoms. The maximum absolute atomic E-state index is 12.4. The molecule has 1 aromatic heterocycles. The Balaban J connectivity index is 2.24. The Morgan fingerprint density at radius 1 is 1.25 bits per heavy atom. The van der Waals surface area contributed by atoms with Crippen LogP contribution in [0, 0.1) is 0 Å². The Hall–Kier alpha value is -1.86. The molecule has 0 atom stereocenters. The van der Waals surface area contributed by atoms with E-state index >= 15 is 0 Å². The molecule has 130 valence electrons. The Labute approximate surface area is 150 Å². The number of methoxy groups -OCH3 is 1. The van der Waals surface area contributed by atoms with Gasteiger partial charge >= 0.3 is 0 Å². The quantitative estimate of drug-likeness (QED) is 0.818. The van der Waals surface area contributed by atoms with Crippen molar-refractivity contribution in [2.45, 2.75) is 39.7 Å².